The topological polar surface area (TPSA) is 72.1 Å². The van der Waals surface area contributed by atoms with Gasteiger partial charge < -0.3 is 9.30 Å². The summed E-state index contributed by atoms with van der Waals surface area (Å²) < 4.78 is 5.72. The van der Waals surface area contributed by atoms with Crippen molar-refractivity contribution in [2.45, 2.75) is 20.4 Å². The summed E-state index contributed by atoms with van der Waals surface area (Å²) in [7, 11) is 1.25. The molecule has 0 fully saturated rings. The minimum atomic E-state index is -0.516. The van der Waals surface area contributed by atoms with Gasteiger partial charge in [0, 0.05) is 5.69 Å². The van der Waals surface area contributed by atoms with Crippen molar-refractivity contribution in [3.63, 3.8) is 0 Å². The molecule has 0 spiro atoms. The van der Waals surface area contributed by atoms with Crippen LogP contribution in [0.1, 0.15) is 16.8 Å². The zero-order valence-corrected chi connectivity index (χ0v) is 9.40. The highest BCUT2D eigenvalue weighted by molar-refractivity contribution is 5.69. The molecule has 1 aromatic heterocycles. The molecule has 16 heavy (non-hydrogen) atoms. The summed E-state index contributed by atoms with van der Waals surface area (Å²) >= 11 is 0. The molecule has 0 atom stereocenters. The Labute approximate surface area is 92.9 Å². The maximum Gasteiger partial charge on any atom is 0.325 e. The minimum Gasteiger partial charge on any atom is -0.468 e. The van der Waals surface area contributed by atoms with Crippen LogP contribution < -0.4 is 5.56 Å². The fourth-order valence-electron chi connectivity index (χ4n) is 1.45. The van der Waals surface area contributed by atoms with Gasteiger partial charge in [-0.15, -0.1) is 0 Å². The summed E-state index contributed by atoms with van der Waals surface area (Å²) in [5.74, 6) is -0.516. The highest BCUT2D eigenvalue weighted by atomic mass is 16.5. The van der Waals surface area contributed by atoms with E-state index in [-0.39, 0.29) is 12.1 Å². The predicted molar refractivity (Wildman–Crippen MR) is 56.9 cm³/mol. The lowest BCUT2D eigenvalue weighted by atomic mass is 10.1. The van der Waals surface area contributed by atoms with Crippen molar-refractivity contribution in [3.05, 3.63) is 33.2 Å². The Morgan fingerprint density at radius 2 is 2.19 bits per heavy atom. The van der Waals surface area contributed by atoms with E-state index in [1.165, 1.54) is 11.7 Å². The molecule has 0 aliphatic rings. The largest absolute Gasteiger partial charge is 0.468 e. The van der Waals surface area contributed by atoms with E-state index in [9.17, 15) is 9.59 Å². The number of hydrogen-bond donors (Lipinski definition) is 0. The third-order valence-corrected chi connectivity index (χ3v) is 2.33. The van der Waals surface area contributed by atoms with Crippen LogP contribution in [0.25, 0.3) is 0 Å². The average Bonchev–Trinajstić information content (AvgIpc) is 2.24. The quantitative estimate of drug-likeness (QED) is 0.681. The lowest BCUT2D eigenvalue weighted by molar-refractivity contribution is -0.141. The molecule has 1 aromatic rings. The number of methoxy groups -OCH3 is 1. The van der Waals surface area contributed by atoms with E-state index in [0.717, 1.165) is 0 Å². The lowest BCUT2D eigenvalue weighted by Gasteiger charge is -2.10. The number of carbonyl (C=O) groups is 1. The van der Waals surface area contributed by atoms with E-state index in [1.807, 2.05) is 6.07 Å². The molecule has 0 saturated carbocycles. The first-order valence-electron chi connectivity index (χ1n) is 4.69. The standard InChI is InChI=1S/C11H12N2O3/c1-7-4-8(2)13(6-10(14)16-3)11(15)9(7)5-12/h4H,6H2,1-3H3. The van der Waals surface area contributed by atoms with Crippen LogP contribution in [0.5, 0.6) is 0 Å². The Bertz CT molecular complexity index is 523. The summed E-state index contributed by atoms with van der Waals surface area (Å²) in [4.78, 5) is 22.9. The molecule has 0 amide bonds. The number of ether oxygens (including phenoxy) is 1. The maximum absolute atomic E-state index is 11.8. The van der Waals surface area contributed by atoms with Gasteiger partial charge in [-0.2, -0.15) is 5.26 Å². The molecular formula is C11H12N2O3. The number of hydrogen-bond acceptors (Lipinski definition) is 4. The van der Waals surface area contributed by atoms with Gasteiger partial charge in [0.25, 0.3) is 5.56 Å². The van der Waals surface area contributed by atoms with Crippen molar-refractivity contribution in [2.24, 2.45) is 0 Å². The Balaban J connectivity index is 3.36. The highest BCUT2D eigenvalue weighted by Gasteiger charge is 2.12. The molecular weight excluding hydrogens is 208 g/mol. The molecule has 0 aliphatic heterocycles. The molecule has 0 radical (unpaired) electrons. The first-order chi connectivity index (χ1) is 7.51. The van der Waals surface area contributed by atoms with E-state index < -0.39 is 11.5 Å². The number of aryl methyl sites for hydroxylation is 2. The molecule has 5 heteroatoms. The molecule has 0 unspecified atom stereocenters. The number of aromatic nitrogens is 1. The van der Waals surface area contributed by atoms with Crippen molar-refractivity contribution < 1.29 is 9.53 Å². The van der Waals surface area contributed by atoms with Crippen molar-refractivity contribution in [2.75, 3.05) is 7.11 Å². The normalized spacial score (nSPS) is 9.62. The van der Waals surface area contributed by atoms with Crippen molar-refractivity contribution >= 4 is 5.97 Å². The second-order valence-electron chi connectivity index (χ2n) is 3.42. The van der Waals surface area contributed by atoms with Gasteiger partial charge >= 0.3 is 5.97 Å². The molecule has 0 N–H and O–H groups in total. The molecule has 1 rings (SSSR count). The Kier molecular flexibility index (Phi) is 3.46. The van der Waals surface area contributed by atoms with E-state index in [4.69, 9.17) is 5.26 Å². The number of nitriles is 1. The molecule has 5 nitrogen and oxygen atoms in total. The summed E-state index contributed by atoms with van der Waals surface area (Å²) in [6, 6.07) is 3.53. The fraction of sp³-hybridized carbons (Fsp3) is 0.364. The van der Waals surface area contributed by atoms with Gasteiger partial charge in [0.1, 0.15) is 18.2 Å². The van der Waals surface area contributed by atoms with Crippen LogP contribution in [0.4, 0.5) is 0 Å². The first-order valence-corrected chi connectivity index (χ1v) is 4.69. The van der Waals surface area contributed by atoms with Crippen LogP contribution in [0.15, 0.2) is 10.9 Å². The first kappa shape index (κ1) is 12.0. The van der Waals surface area contributed by atoms with Crippen LogP contribution in [0.3, 0.4) is 0 Å². The second kappa shape index (κ2) is 4.62. The van der Waals surface area contributed by atoms with E-state index in [0.29, 0.717) is 11.3 Å². The number of esters is 1. The second-order valence-corrected chi connectivity index (χ2v) is 3.42. The number of carbonyl (C=O) groups excluding carboxylic acids is 1. The number of pyridine rings is 1. The molecule has 0 saturated heterocycles. The van der Waals surface area contributed by atoms with Gasteiger partial charge in [0.15, 0.2) is 0 Å². The molecule has 0 bridgehead atoms. The molecule has 0 aromatic carbocycles. The third kappa shape index (κ3) is 2.11. The summed E-state index contributed by atoms with van der Waals surface area (Å²) in [6.07, 6.45) is 0. The smallest absolute Gasteiger partial charge is 0.325 e. The number of rotatable bonds is 2. The molecule has 1 heterocycles. The van der Waals surface area contributed by atoms with Gasteiger partial charge in [-0.3, -0.25) is 9.59 Å². The maximum atomic E-state index is 11.8. The SMILES string of the molecule is COC(=O)Cn1c(C)cc(C)c(C#N)c1=O. The van der Waals surface area contributed by atoms with Gasteiger partial charge in [0.2, 0.25) is 0 Å². The van der Waals surface area contributed by atoms with Gasteiger partial charge in [0.05, 0.1) is 7.11 Å². The van der Waals surface area contributed by atoms with Crippen LogP contribution in [0.2, 0.25) is 0 Å². The van der Waals surface area contributed by atoms with Gasteiger partial charge in [-0.25, -0.2) is 0 Å². The molecule has 0 aliphatic carbocycles. The fourth-order valence-corrected chi connectivity index (χ4v) is 1.45. The Hall–Kier alpha value is -2.09. The van der Waals surface area contributed by atoms with Gasteiger partial charge in [-0.1, -0.05) is 0 Å². The van der Waals surface area contributed by atoms with Crippen molar-refractivity contribution in [1.29, 1.82) is 5.26 Å². The third-order valence-electron chi connectivity index (χ3n) is 2.33. The molecule has 84 valence electrons. The van der Waals surface area contributed by atoms with Crippen LogP contribution in [-0.4, -0.2) is 17.6 Å². The van der Waals surface area contributed by atoms with E-state index in [1.54, 1.807) is 19.9 Å². The Morgan fingerprint density at radius 1 is 1.56 bits per heavy atom. The van der Waals surface area contributed by atoms with Crippen molar-refractivity contribution in [3.8, 4) is 6.07 Å². The monoisotopic (exact) mass is 220 g/mol. The minimum absolute atomic E-state index is 0.0644. The van der Waals surface area contributed by atoms with Crippen LogP contribution in [0, 0.1) is 25.2 Å². The van der Waals surface area contributed by atoms with Gasteiger partial charge in [-0.05, 0) is 25.5 Å². The predicted octanol–water partition coefficient (Wildman–Crippen LogP) is 0.510. The zero-order chi connectivity index (χ0) is 12.3. The van der Waals surface area contributed by atoms with E-state index in [2.05, 4.69) is 4.74 Å². The summed E-state index contributed by atoms with van der Waals surface area (Å²) in [5, 5.41) is 8.83. The van der Waals surface area contributed by atoms with Crippen LogP contribution in [-0.2, 0) is 16.1 Å². The summed E-state index contributed by atoms with van der Waals surface area (Å²) in [5.41, 5.74) is 0.859. The number of nitrogens with zero attached hydrogens (tertiary/aromatic N) is 2. The Morgan fingerprint density at radius 3 is 2.69 bits per heavy atom. The lowest BCUT2D eigenvalue weighted by Crippen LogP contribution is -2.29. The van der Waals surface area contributed by atoms with Crippen LogP contribution >= 0.6 is 0 Å². The summed E-state index contributed by atoms with van der Waals surface area (Å²) in [6.45, 7) is 3.23. The van der Waals surface area contributed by atoms with Crippen molar-refractivity contribution in [1.82, 2.24) is 4.57 Å². The zero-order valence-electron chi connectivity index (χ0n) is 9.40. The average molecular weight is 220 g/mol. The van der Waals surface area contributed by atoms with E-state index >= 15 is 0 Å². The highest BCUT2D eigenvalue weighted by Crippen LogP contribution is 2.05.